The summed E-state index contributed by atoms with van der Waals surface area (Å²) in [5.41, 5.74) is 5.69. The largest absolute Gasteiger partial charge is 0.381 e. The topological polar surface area (TPSA) is 64.7 Å². The van der Waals surface area contributed by atoms with E-state index in [0.29, 0.717) is 20.0 Å². The lowest BCUT2D eigenvalue weighted by atomic mass is 10.5. The summed E-state index contributed by atoms with van der Waals surface area (Å²) >= 11 is 18.8. The minimum absolute atomic E-state index is 0.228. The van der Waals surface area contributed by atoms with Gasteiger partial charge in [-0.1, -0.05) is 46.6 Å². The predicted molar refractivity (Wildman–Crippen MR) is 69.8 cm³/mol. The molecule has 0 aliphatic heterocycles. The lowest BCUT2D eigenvalue weighted by Gasteiger charge is -2.06. The second-order valence-corrected chi connectivity index (χ2v) is 5.12. The van der Waals surface area contributed by atoms with Gasteiger partial charge in [-0.25, -0.2) is 9.97 Å². The lowest BCUT2D eigenvalue weighted by Crippen LogP contribution is -1.96. The highest BCUT2D eigenvalue weighted by Crippen LogP contribution is 2.38. The smallest absolute Gasteiger partial charge is 0.158 e. The molecule has 2 aromatic heterocycles. The molecule has 0 fully saturated rings. The maximum Gasteiger partial charge on any atom is 0.158 e. The zero-order chi connectivity index (χ0) is 12.4. The van der Waals surface area contributed by atoms with Crippen molar-refractivity contribution in [2.75, 3.05) is 5.73 Å². The van der Waals surface area contributed by atoms with Gasteiger partial charge in [-0.3, -0.25) is 4.98 Å². The molecular formula is C9H5Cl3N4S. The van der Waals surface area contributed by atoms with Gasteiger partial charge >= 0.3 is 0 Å². The monoisotopic (exact) mass is 306 g/mol. The van der Waals surface area contributed by atoms with Crippen molar-refractivity contribution in [3.8, 4) is 0 Å². The van der Waals surface area contributed by atoms with Crippen LogP contribution in [-0.4, -0.2) is 15.0 Å². The van der Waals surface area contributed by atoms with Crippen molar-refractivity contribution in [3.63, 3.8) is 0 Å². The van der Waals surface area contributed by atoms with Gasteiger partial charge in [0.25, 0.3) is 0 Å². The standard InChI is InChI=1S/C9H5Cl3N4S/c10-4-1-14-2-5(11)7(4)17-9-8(13)16-6(12)3-15-9/h1-3H,(H2,13,16). The van der Waals surface area contributed by atoms with E-state index in [2.05, 4.69) is 15.0 Å². The van der Waals surface area contributed by atoms with Crippen molar-refractivity contribution >= 4 is 52.4 Å². The van der Waals surface area contributed by atoms with Gasteiger partial charge in [-0.15, -0.1) is 0 Å². The number of nitrogen functional groups attached to an aromatic ring is 1. The Bertz CT molecular complexity index is 544. The number of anilines is 1. The van der Waals surface area contributed by atoms with Crippen LogP contribution < -0.4 is 5.73 Å². The van der Waals surface area contributed by atoms with Gasteiger partial charge in [0.1, 0.15) is 10.2 Å². The molecule has 0 aromatic carbocycles. The van der Waals surface area contributed by atoms with Gasteiger partial charge < -0.3 is 5.73 Å². The molecule has 0 spiro atoms. The number of halogens is 3. The number of nitrogens with two attached hydrogens (primary N) is 1. The Kier molecular flexibility index (Phi) is 3.93. The van der Waals surface area contributed by atoms with Gasteiger partial charge in [-0.05, 0) is 0 Å². The van der Waals surface area contributed by atoms with E-state index in [4.69, 9.17) is 40.5 Å². The number of hydrogen-bond acceptors (Lipinski definition) is 5. The summed E-state index contributed by atoms with van der Waals surface area (Å²) < 4.78 is 0. The summed E-state index contributed by atoms with van der Waals surface area (Å²) in [4.78, 5) is 12.4. The van der Waals surface area contributed by atoms with Gasteiger partial charge in [0, 0.05) is 12.4 Å². The first-order valence-electron chi connectivity index (χ1n) is 4.33. The Labute approximate surface area is 117 Å². The molecule has 0 radical (unpaired) electrons. The van der Waals surface area contributed by atoms with Crippen molar-refractivity contribution in [1.29, 1.82) is 0 Å². The van der Waals surface area contributed by atoms with Crippen molar-refractivity contribution in [1.82, 2.24) is 15.0 Å². The quantitative estimate of drug-likeness (QED) is 0.919. The van der Waals surface area contributed by atoms with Crippen molar-refractivity contribution in [2.45, 2.75) is 9.92 Å². The minimum atomic E-state index is 0.228. The molecule has 0 saturated heterocycles. The van der Waals surface area contributed by atoms with Gasteiger partial charge in [0.15, 0.2) is 5.82 Å². The number of pyridine rings is 1. The van der Waals surface area contributed by atoms with Gasteiger partial charge in [0.05, 0.1) is 21.1 Å². The van der Waals surface area contributed by atoms with E-state index < -0.39 is 0 Å². The average molecular weight is 308 g/mol. The van der Waals surface area contributed by atoms with E-state index >= 15 is 0 Å². The van der Waals surface area contributed by atoms with E-state index in [9.17, 15) is 0 Å². The number of hydrogen-bond donors (Lipinski definition) is 1. The van der Waals surface area contributed by atoms with Gasteiger partial charge in [-0.2, -0.15) is 0 Å². The molecule has 2 N–H and O–H groups in total. The molecule has 17 heavy (non-hydrogen) atoms. The molecule has 8 heteroatoms. The molecule has 0 aliphatic carbocycles. The number of aromatic nitrogens is 3. The molecule has 0 atom stereocenters. The van der Waals surface area contributed by atoms with Crippen LogP contribution in [-0.2, 0) is 0 Å². The van der Waals surface area contributed by atoms with E-state index in [0.717, 1.165) is 0 Å². The highest BCUT2D eigenvalue weighted by molar-refractivity contribution is 7.99. The lowest BCUT2D eigenvalue weighted by molar-refractivity contribution is 1.07. The SMILES string of the molecule is Nc1nc(Cl)cnc1Sc1c(Cl)cncc1Cl. The Morgan fingerprint density at radius 3 is 2.29 bits per heavy atom. The fraction of sp³-hybridized carbons (Fsp3) is 0. The Balaban J connectivity index is 2.38. The Hall–Kier alpha value is -0.750. The molecule has 2 heterocycles. The number of nitrogens with zero attached hydrogens (tertiary/aromatic N) is 3. The Morgan fingerprint density at radius 2 is 1.71 bits per heavy atom. The first-order valence-corrected chi connectivity index (χ1v) is 6.28. The highest BCUT2D eigenvalue weighted by Gasteiger charge is 2.12. The van der Waals surface area contributed by atoms with E-state index in [1.165, 1.54) is 30.4 Å². The summed E-state index contributed by atoms with van der Waals surface area (Å²) in [6.07, 6.45) is 4.40. The molecule has 0 bridgehead atoms. The fourth-order valence-electron chi connectivity index (χ4n) is 1.04. The van der Waals surface area contributed by atoms with Crippen LogP contribution in [0.3, 0.4) is 0 Å². The van der Waals surface area contributed by atoms with Crippen LogP contribution in [0.2, 0.25) is 15.2 Å². The molecule has 0 amide bonds. The Morgan fingerprint density at radius 1 is 1.06 bits per heavy atom. The van der Waals surface area contributed by atoms with E-state index in [-0.39, 0.29) is 11.0 Å². The second-order valence-electron chi connectivity index (χ2n) is 2.92. The zero-order valence-electron chi connectivity index (χ0n) is 8.19. The normalized spacial score (nSPS) is 10.5. The maximum absolute atomic E-state index is 5.98. The molecule has 2 aromatic rings. The van der Waals surface area contributed by atoms with Crippen LogP contribution in [0.15, 0.2) is 28.5 Å². The molecule has 0 saturated carbocycles. The average Bonchev–Trinajstić information content (AvgIpc) is 2.26. The second kappa shape index (κ2) is 5.27. The predicted octanol–water partition coefficient (Wildman–Crippen LogP) is 3.57. The zero-order valence-corrected chi connectivity index (χ0v) is 11.3. The first-order chi connectivity index (χ1) is 8.08. The third-order valence-corrected chi connectivity index (χ3v) is 3.87. The van der Waals surface area contributed by atoms with Crippen molar-refractivity contribution in [3.05, 3.63) is 33.8 Å². The number of rotatable bonds is 2. The summed E-state index contributed by atoms with van der Waals surface area (Å²) in [7, 11) is 0. The first kappa shape index (κ1) is 12.7. The summed E-state index contributed by atoms with van der Waals surface area (Å²) in [6.45, 7) is 0. The van der Waals surface area contributed by atoms with Crippen LogP contribution in [0, 0.1) is 0 Å². The fourth-order valence-corrected chi connectivity index (χ4v) is 2.53. The van der Waals surface area contributed by atoms with Crippen LogP contribution in [0.1, 0.15) is 0 Å². The van der Waals surface area contributed by atoms with E-state index in [1.54, 1.807) is 0 Å². The van der Waals surface area contributed by atoms with E-state index in [1.807, 2.05) is 0 Å². The van der Waals surface area contributed by atoms with Crippen molar-refractivity contribution < 1.29 is 0 Å². The molecule has 88 valence electrons. The summed E-state index contributed by atoms with van der Waals surface area (Å²) in [6, 6.07) is 0. The van der Waals surface area contributed by atoms with Gasteiger partial charge in [0.2, 0.25) is 0 Å². The highest BCUT2D eigenvalue weighted by atomic mass is 35.5. The minimum Gasteiger partial charge on any atom is -0.381 e. The van der Waals surface area contributed by atoms with Crippen LogP contribution in [0.5, 0.6) is 0 Å². The van der Waals surface area contributed by atoms with Crippen LogP contribution in [0.25, 0.3) is 0 Å². The van der Waals surface area contributed by atoms with Crippen LogP contribution in [0.4, 0.5) is 5.82 Å². The molecule has 0 unspecified atom stereocenters. The van der Waals surface area contributed by atoms with Crippen molar-refractivity contribution in [2.24, 2.45) is 0 Å². The summed E-state index contributed by atoms with van der Waals surface area (Å²) in [5.74, 6) is 0.228. The molecule has 0 aliphatic rings. The molecule has 4 nitrogen and oxygen atoms in total. The molecule has 2 rings (SSSR count). The maximum atomic E-state index is 5.98. The third kappa shape index (κ3) is 2.93. The summed E-state index contributed by atoms with van der Waals surface area (Å²) in [5, 5.41) is 1.58. The third-order valence-electron chi connectivity index (χ3n) is 1.74. The molecular weight excluding hydrogens is 303 g/mol. The van der Waals surface area contributed by atoms with Crippen LogP contribution >= 0.6 is 46.6 Å².